The van der Waals surface area contributed by atoms with E-state index in [2.05, 4.69) is 16.2 Å². The SMILES string of the molecule is O=C(NNc1ccc(S(=O)(=O)N2CCCC2)cc1[N+](=O)[O-])Nc1cccc(C(F)(F)F)c1. The molecule has 1 aliphatic heterocycles. The highest BCUT2D eigenvalue weighted by Gasteiger charge is 2.31. The summed E-state index contributed by atoms with van der Waals surface area (Å²) < 4.78 is 64.7. The molecule has 0 bridgehead atoms. The normalized spacial score (nSPS) is 14.7. The molecule has 2 amide bonds. The first-order chi connectivity index (χ1) is 15.0. The Labute approximate surface area is 180 Å². The Hall–Kier alpha value is -3.39. The maximum Gasteiger partial charge on any atom is 0.416 e. The lowest BCUT2D eigenvalue weighted by Gasteiger charge is -2.16. The number of benzene rings is 2. The fraction of sp³-hybridized carbons (Fsp3) is 0.278. The number of nitrogens with one attached hydrogen (secondary N) is 3. The molecule has 0 aromatic heterocycles. The Balaban J connectivity index is 1.72. The van der Waals surface area contributed by atoms with E-state index in [0.717, 1.165) is 36.4 Å². The minimum absolute atomic E-state index is 0.152. The largest absolute Gasteiger partial charge is 0.416 e. The zero-order valence-corrected chi connectivity index (χ0v) is 17.2. The van der Waals surface area contributed by atoms with Crippen molar-refractivity contribution < 1.29 is 31.3 Å². The molecule has 14 heteroatoms. The van der Waals surface area contributed by atoms with Crippen LogP contribution in [0.1, 0.15) is 18.4 Å². The molecule has 3 rings (SSSR count). The van der Waals surface area contributed by atoms with Crippen molar-refractivity contribution in [3.05, 3.63) is 58.1 Å². The lowest BCUT2D eigenvalue weighted by atomic mass is 10.2. The number of nitro groups is 1. The van der Waals surface area contributed by atoms with Gasteiger partial charge in [0.15, 0.2) is 0 Å². The van der Waals surface area contributed by atoms with Gasteiger partial charge in [0.2, 0.25) is 10.0 Å². The second-order valence-corrected chi connectivity index (χ2v) is 8.77. The molecule has 0 aliphatic carbocycles. The minimum atomic E-state index is -4.59. The minimum Gasteiger partial charge on any atom is -0.307 e. The number of hydrogen-bond donors (Lipinski definition) is 3. The van der Waals surface area contributed by atoms with Gasteiger partial charge in [-0.3, -0.25) is 21.0 Å². The summed E-state index contributed by atoms with van der Waals surface area (Å²) in [6.45, 7) is 0.654. The Morgan fingerprint density at radius 1 is 1.09 bits per heavy atom. The van der Waals surface area contributed by atoms with E-state index in [4.69, 9.17) is 0 Å². The summed E-state index contributed by atoms with van der Waals surface area (Å²) in [6.07, 6.45) is -3.19. The third-order valence-corrected chi connectivity index (χ3v) is 6.52. The van der Waals surface area contributed by atoms with Crippen LogP contribution < -0.4 is 16.2 Å². The van der Waals surface area contributed by atoms with E-state index in [1.165, 1.54) is 10.4 Å². The first kappa shape index (κ1) is 23.3. The van der Waals surface area contributed by atoms with E-state index in [1.807, 2.05) is 0 Å². The fourth-order valence-electron chi connectivity index (χ4n) is 3.07. The number of sulfonamides is 1. The van der Waals surface area contributed by atoms with Crippen LogP contribution in [-0.2, 0) is 16.2 Å². The van der Waals surface area contributed by atoms with Crippen molar-refractivity contribution in [2.24, 2.45) is 0 Å². The first-order valence-electron chi connectivity index (χ1n) is 9.27. The molecule has 1 saturated heterocycles. The Morgan fingerprint density at radius 2 is 1.78 bits per heavy atom. The number of urea groups is 1. The van der Waals surface area contributed by atoms with Crippen molar-refractivity contribution in [3.63, 3.8) is 0 Å². The predicted molar refractivity (Wildman–Crippen MR) is 108 cm³/mol. The average Bonchev–Trinajstić information content (AvgIpc) is 3.27. The van der Waals surface area contributed by atoms with Crippen LogP contribution in [0.5, 0.6) is 0 Å². The number of carbonyl (C=O) groups excluding carboxylic acids is 1. The monoisotopic (exact) mass is 473 g/mol. The molecule has 0 spiro atoms. The average molecular weight is 473 g/mol. The van der Waals surface area contributed by atoms with Gasteiger partial charge in [0.25, 0.3) is 5.69 Å². The highest BCUT2D eigenvalue weighted by atomic mass is 32.2. The molecule has 3 N–H and O–H groups in total. The first-order valence-corrected chi connectivity index (χ1v) is 10.7. The number of hydrazine groups is 1. The number of hydrogen-bond acceptors (Lipinski definition) is 6. The third-order valence-electron chi connectivity index (χ3n) is 4.63. The number of alkyl halides is 3. The molecule has 2 aromatic rings. The van der Waals surface area contributed by atoms with Crippen molar-refractivity contribution in [2.45, 2.75) is 23.9 Å². The van der Waals surface area contributed by atoms with Crippen LogP contribution in [0, 0.1) is 10.1 Å². The number of carbonyl (C=O) groups is 1. The molecular formula is C18H18F3N5O5S. The van der Waals surface area contributed by atoms with E-state index in [1.54, 1.807) is 0 Å². The molecule has 0 unspecified atom stereocenters. The molecule has 1 fully saturated rings. The molecule has 0 saturated carbocycles. The number of nitro benzene ring substituents is 1. The molecule has 0 atom stereocenters. The van der Waals surface area contributed by atoms with Crippen molar-refractivity contribution in [2.75, 3.05) is 23.8 Å². The van der Waals surface area contributed by atoms with E-state index in [9.17, 15) is 36.5 Å². The van der Waals surface area contributed by atoms with E-state index < -0.39 is 38.4 Å². The number of halogens is 3. The maximum atomic E-state index is 12.8. The topological polar surface area (TPSA) is 134 Å². The number of amides is 2. The second kappa shape index (κ2) is 9.00. The van der Waals surface area contributed by atoms with Crippen LogP contribution in [0.4, 0.5) is 35.0 Å². The smallest absolute Gasteiger partial charge is 0.307 e. The maximum absolute atomic E-state index is 12.8. The second-order valence-electron chi connectivity index (χ2n) is 6.83. The quantitative estimate of drug-likeness (QED) is 0.434. The molecule has 0 radical (unpaired) electrons. The molecule has 2 aromatic carbocycles. The summed E-state index contributed by atoms with van der Waals surface area (Å²) in [5.41, 5.74) is 2.41. The predicted octanol–water partition coefficient (Wildman–Crippen LogP) is 3.55. The number of anilines is 2. The number of nitrogens with zero attached hydrogens (tertiary/aromatic N) is 2. The van der Waals surface area contributed by atoms with Gasteiger partial charge in [-0.25, -0.2) is 13.2 Å². The van der Waals surface area contributed by atoms with Crippen molar-refractivity contribution in [3.8, 4) is 0 Å². The van der Waals surface area contributed by atoms with E-state index in [0.29, 0.717) is 25.9 Å². The summed E-state index contributed by atoms with van der Waals surface area (Å²) >= 11 is 0. The molecule has 10 nitrogen and oxygen atoms in total. The number of rotatable bonds is 6. The molecule has 1 aliphatic rings. The summed E-state index contributed by atoms with van der Waals surface area (Å²) in [7, 11) is -3.89. The van der Waals surface area contributed by atoms with Gasteiger partial charge in [0, 0.05) is 24.8 Å². The summed E-state index contributed by atoms with van der Waals surface area (Å²) in [5.74, 6) is 0. The van der Waals surface area contributed by atoms with E-state index in [-0.39, 0.29) is 16.3 Å². The Morgan fingerprint density at radius 3 is 2.41 bits per heavy atom. The Kier molecular flexibility index (Phi) is 6.55. The van der Waals surface area contributed by atoms with Crippen LogP contribution in [0.25, 0.3) is 0 Å². The van der Waals surface area contributed by atoms with Crippen LogP contribution in [-0.4, -0.2) is 36.8 Å². The van der Waals surface area contributed by atoms with Gasteiger partial charge in [-0.15, -0.1) is 0 Å². The van der Waals surface area contributed by atoms with Crippen molar-refractivity contribution in [1.82, 2.24) is 9.73 Å². The summed E-state index contributed by atoms with van der Waals surface area (Å²) in [4.78, 5) is 22.3. The summed E-state index contributed by atoms with van der Waals surface area (Å²) in [6, 6.07) is 6.06. The lowest BCUT2D eigenvalue weighted by molar-refractivity contribution is -0.384. The molecule has 1 heterocycles. The molecule has 32 heavy (non-hydrogen) atoms. The molecule has 172 valence electrons. The zero-order valence-electron chi connectivity index (χ0n) is 16.3. The van der Waals surface area contributed by atoms with Gasteiger partial charge >= 0.3 is 12.2 Å². The fourth-order valence-corrected chi connectivity index (χ4v) is 4.60. The van der Waals surface area contributed by atoms with Crippen LogP contribution in [0.2, 0.25) is 0 Å². The van der Waals surface area contributed by atoms with Crippen molar-refractivity contribution in [1.29, 1.82) is 0 Å². The van der Waals surface area contributed by atoms with Gasteiger partial charge in [-0.1, -0.05) is 6.07 Å². The van der Waals surface area contributed by atoms with E-state index >= 15 is 0 Å². The van der Waals surface area contributed by atoms with Gasteiger partial charge in [-0.05, 0) is 43.2 Å². The van der Waals surface area contributed by atoms with Crippen LogP contribution >= 0.6 is 0 Å². The van der Waals surface area contributed by atoms with Crippen molar-refractivity contribution >= 4 is 33.1 Å². The molecular weight excluding hydrogens is 455 g/mol. The highest BCUT2D eigenvalue weighted by Crippen LogP contribution is 2.31. The standard InChI is InChI=1S/C18H18F3N5O5S/c19-18(20,21)12-4-3-5-13(10-12)22-17(27)24-23-15-7-6-14(11-16(15)26(28)29)32(30,31)25-8-1-2-9-25/h3-7,10-11,23H,1-2,8-9H2,(H2,22,24,27). The van der Waals surface area contributed by atoms with Gasteiger partial charge in [0.05, 0.1) is 15.4 Å². The zero-order chi connectivity index (χ0) is 23.5. The highest BCUT2D eigenvalue weighted by molar-refractivity contribution is 7.89. The van der Waals surface area contributed by atoms with Crippen LogP contribution in [0.3, 0.4) is 0 Å². The third kappa shape index (κ3) is 5.26. The van der Waals surface area contributed by atoms with Gasteiger partial charge in [0.1, 0.15) is 5.69 Å². The van der Waals surface area contributed by atoms with Gasteiger partial charge < -0.3 is 5.32 Å². The Bertz CT molecular complexity index is 1130. The lowest BCUT2D eigenvalue weighted by Crippen LogP contribution is -2.34. The van der Waals surface area contributed by atoms with Crippen LogP contribution in [0.15, 0.2) is 47.4 Å². The summed E-state index contributed by atoms with van der Waals surface area (Å²) in [5, 5.41) is 13.6. The van der Waals surface area contributed by atoms with Gasteiger partial charge in [-0.2, -0.15) is 17.5 Å².